The van der Waals surface area contributed by atoms with Crippen LogP contribution in [0.25, 0.3) is 0 Å². The largest absolute Gasteiger partial charge is 0.373 e. The van der Waals surface area contributed by atoms with Crippen LogP contribution in [-0.4, -0.2) is 61.5 Å². The third kappa shape index (κ3) is 4.17. The molecule has 0 unspecified atom stereocenters. The van der Waals surface area contributed by atoms with Gasteiger partial charge in [0.15, 0.2) is 0 Å². The number of aromatic nitrogens is 1. The zero-order chi connectivity index (χ0) is 15.4. The van der Waals surface area contributed by atoms with Crippen LogP contribution < -0.4 is 5.32 Å². The van der Waals surface area contributed by atoms with Gasteiger partial charge in [0.1, 0.15) is 5.82 Å². The van der Waals surface area contributed by atoms with E-state index in [1.54, 1.807) is 0 Å². The van der Waals surface area contributed by atoms with Gasteiger partial charge in [-0.25, -0.2) is 4.98 Å². The average molecular weight is 290 g/mol. The summed E-state index contributed by atoms with van der Waals surface area (Å²) >= 11 is 0. The van der Waals surface area contributed by atoms with Crippen molar-refractivity contribution >= 4 is 11.7 Å². The number of carbonyl (C=O) groups is 1. The van der Waals surface area contributed by atoms with Crippen molar-refractivity contribution in [3.8, 4) is 0 Å². The highest BCUT2D eigenvalue weighted by Crippen LogP contribution is 2.20. The number of likely N-dealkylation sites (tertiary alicyclic amines) is 1. The van der Waals surface area contributed by atoms with Crippen LogP contribution in [0.1, 0.15) is 28.9 Å². The van der Waals surface area contributed by atoms with Gasteiger partial charge in [-0.05, 0) is 51.9 Å². The van der Waals surface area contributed by atoms with Crippen molar-refractivity contribution in [2.45, 2.75) is 19.8 Å². The molecule has 5 nitrogen and oxygen atoms in total. The Bertz CT molecular complexity index is 493. The minimum absolute atomic E-state index is 0.125. The minimum Gasteiger partial charge on any atom is -0.373 e. The maximum atomic E-state index is 12.6. The van der Waals surface area contributed by atoms with Crippen LogP contribution in [0, 0.1) is 12.8 Å². The molecule has 0 radical (unpaired) electrons. The monoisotopic (exact) mass is 290 g/mol. The highest BCUT2D eigenvalue weighted by Gasteiger charge is 2.24. The van der Waals surface area contributed by atoms with Gasteiger partial charge in [-0.2, -0.15) is 0 Å². The van der Waals surface area contributed by atoms with Crippen molar-refractivity contribution in [2.75, 3.05) is 46.1 Å². The molecule has 1 saturated heterocycles. The maximum Gasteiger partial charge on any atom is 0.254 e. The summed E-state index contributed by atoms with van der Waals surface area (Å²) in [6.07, 6.45) is 2.18. The minimum atomic E-state index is 0.125. The molecular weight excluding hydrogens is 264 g/mol. The van der Waals surface area contributed by atoms with E-state index in [4.69, 9.17) is 0 Å². The summed E-state index contributed by atoms with van der Waals surface area (Å²) in [4.78, 5) is 21.1. The van der Waals surface area contributed by atoms with E-state index in [9.17, 15) is 4.79 Å². The molecule has 1 amide bonds. The summed E-state index contributed by atoms with van der Waals surface area (Å²) < 4.78 is 0. The second kappa shape index (κ2) is 6.89. The highest BCUT2D eigenvalue weighted by atomic mass is 16.2. The Kier molecular flexibility index (Phi) is 5.17. The summed E-state index contributed by atoms with van der Waals surface area (Å²) in [7, 11) is 6.04. The van der Waals surface area contributed by atoms with Gasteiger partial charge in [0.2, 0.25) is 0 Å². The van der Waals surface area contributed by atoms with Gasteiger partial charge >= 0.3 is 0 Å². The van der Waals surface area contributed by atoms with Crippen LogP contribution in [0.5, 0.6) is 0 Å². The SMILES string of the molecule is CNc1cc(C(=O)N2CCC(CN(C)C)CC2)cc(C)n1. The Morgan fingerprint density at radius 2 is 2.05 bits per heavy atom. The molecule has 0 bridgehead atoms. The molecule has 0 atom stereocenters. The van der Waals surface area contributed by atoms with E-state index in [-0.39, 0.29) is 5.91 Å². The van der Waals surface area contributed by atoms with Gasteiger partial charge in [0.05, 0.1) is 0 Å². The second-order valence-electron chi connectivity index (χ2n) is 6.13. The molecule has 116 valence electrons. The van der Waals surface area contributed by atoms with Crippen molar-refractivity contribution in [1.82, 2.24) is 14.8 Å². The third-order valence-electron chi connectivity index (χ3n) is 3.98. The van der Waals surface area contributed by atoms with E-state index in [2.05, 4.69) is 29.3 Å². The fourth-order valence-corrected chi connectivity index (χ4v) is 2.94. The van der Waals surface area contributed by atoms with Gasteiger partial charge in [0, 0.05) is 37.9 Å². The van der Waals surface area contributed by atoms with Crippen molar-refractivity contribution in [1.29, 1.82) is 0 Å². The second-order valence-corrected chi connectivity index (χ2v) is 6.13. The molecule has 1 aliphatic rings. The normalized spacial score (nSPS) is 16.3. The summed E-state index contributed by atoms with van der Waals surface area (Å²) in [5.41, 5.74) is 1.60. The molecule has 1 aliphatic heterocycles. The predicted molar refractivity (Wildman–Crippen MR) is 85.7 cm³/mol. The number of anilines is 1. The molecule has 21 heavy (non-hydrogen) atoms. The number of aryl methyl sites for hydroxylation is 1. The number of nitrogens with one attached hydrogen (secondary N) is 1. The Morgan fingerprint density at radius 1 is 1.38 bits per heavy atom. The molecule has 2 heterocycles. The van der Waals surface area contributed by atoms with E-state index in [0.29, 0.717) is 5.92 Å². The molecule has 5 heteroatoms. The number of pyridine rings is 1. The number of amides is 1. The van der Waals surface area contributed by atoms with Crippen LogP contribution in [0.3, 0.4) is 0 Å². The third-order valence-corrected chi connectivity index (χ3v) is 3.98. The smallest absolute Gasteiger partial charge is 0.254 e. The van der Waals surface area contributed by atoms with E-state index in [1.165, 1.54) is 0 Å². The standard InChI is InChI=1S/C16H26N4O/c1-12-9-14(10-15(17-2)18-12)16(21)20-7-5-13(6-8-20)11-19(3)4/h9-10,13H,5-8,11H2,1-4H3,(H,17,18). The molecule has 0 saturated carbocycles. The fourth-order valence-electron chi connectivity index (χ4n) is 2.94. The quantitative estimate of drug-likeness (QED) is 0.919. The first-order valence-corrected chi connectivity index (χ1v) is 7.60. The van der Waals surface area contributed by atoms with Crippen LogP contribution in [0.15, 0.2) is 12.1 Å². The molecule has 1 aromatic rings. The number of hydrogen-bond acceptors (Lipinski definition) is 4. The van der Waals surface area contributed by atoms with Gasteiger partial charge in [0.25, 0.3) is 5.91 Å². The Balaban J connectivity index is 2.00. The number of nitrogens with zero attached hydrogens (tertiary/aromatic N) is 3. The first-order chi connectivity index (χ1) is 9.99. The van der Waals surface area contributed by atoms with Crippen LogP contribution in [-0.2, 0) is 0 Å². The lowest BCUT2D eigenvalue weighted by atomic mass is 9.96. The number of rotatable bonds is 4. The van der Waals surface area contributed by atoms with Crippen molar-refractivity contribution in [3.05, 3.63) is 23.4 Å². The molecule has 1 N–H and O–H groups in total. The molecule has 2 rings (SSSR count). The summed E-state index contributed by atoms with van der Waals surface area (Å²) in [5, 5.41) is 3.01. The average Bonchev–Trinajstić information content (AvgIpc) is 2.46. The number of carbonyl (C=O) groups excluding carboxylic acids is 1. The van der Waals surface area contributed by atoms with E-state index in [1.807, 2.05) is 31.0 Å². The summed E-state index contributed by atoms with van der Waals surface area (Å²) in [5.74, 6) is 1.58. The first kappa shape index (κ1) is 15.8. The van der Waals surface area contributed by atoms with Crippen molar-refractivity contribution in [2.24, 2.45) is 5.92 Å². The van der Waals surface area contributed by atoms with Crippen molar-refractivity contribution < 1.29 is 4.79 Å². The van der Waals surface area contributed by atoms with E-state index < -0.39 is 0 Å². The first-order valence-electron chi connectivity index (χ1n) is 7.60. The molecule has 0 aromatic carbocycles. The Labute approximate surface area is 127 Å². The fraction of sp³-hybridized carbons (Fsp3) is 0.625. The van der Waals surface area contributed by atoms with Gasteiger partial charge < -0.3 is 15.1 Å². The number of piperidine rings is 1. The Hall–Kier alpha value is -1.62. The Morgan fingerprint density at radius 3 is 2.62 bits per heavy atom. The molecular formula is C16H26N4O. The van der Waals surface area contributed by atoms with Gasteiger partial charge in [-0.1, -0.05) is 0 Å². The summed E-state index contributed by atoms with van der Waals surface area (Å²) in [6.45, 7) is 4.74. The molecule has 0 spiro atoms. The molecule has 0 aliphatic carbocycles. The zero-order valence-electron chi connectivity index (χ0n) is 13.5. The molecule has 1 aromatic heterocycles. The van der Waals surface area contributed by atoms with Gasteiger partial charge in [-0.3, -0.25) is 4.79 Å². The maximum absolute atomic E-state index is 12.6. The van der Waals surface area contributed by atoms with E-state index in [0.717, 1.165) is 49.6 Å². The molecule has 1 fully saturated rings. The van der Waals surface area contributed by atoms with Crippen LogP contribution >= 0.6 is 0 Å². The number of hydrogen-bond donors (Lipinski definition) is 1. The van der Waals surface area contributed by atoms with Crippen LogP contribution in [0.4, 0.5) is 5.82 Å². The van der Waals surface area contributed by atoms with Crippen molar-refractivity contribution in [3.63, 3.8) is 0 Å². The predicted octanol–water partition coefficient (Wildman–Crippen LogP) is 1.85. The van der Waals surface area contributed by atoms with Gasteiger partial charge in [-0.15, -0.1) is 0 Å². The highest BCUT2D eigenvalue weighted by molar-refractivity contribution is 5.95. The summed E-state index contributed by atoms with van der Waals surface area (Å²) in [6, 6.07) is 3.70. The lowest BCUT2D eigenvalue weighted by Crippen LogP contribution is -2.40. The van der Waals surface area contributed by atoms with E-state index >= 15 is 0 Å². The zero-order valence-corrected chi connectivity index (χ0v) is 13.5. The van der Waals surface area contributed by atoms with Crippen LogP contribution in [0.2, 0.25) is 0 Å². The lowest BCUT2D eigenvalue weighted by molar-refractivity contribution is 0.0678. The lowest BCUT2D eigenvalue weighted by Gasteiger charge is -2.33. The topological polar surface area (TPSA) is 48.5 Å².